The van der Waals surface area contributed by atoms with Gasteiger partial charge < -0.3 is 14.5 Å². The number of nitrogens with zero attached hydrogens (tertiary/aromatic N) is 3. The van der Waals surface area contributed by atoms with Gasteiger partial charge in [-0.1, -0.05) is 12.1 Å². The van der Waals surface area contributed by atoms with Crippen molar-refractivity contribution in [2.24, 2.45) is 0 Å². The largest absolute Gasteiger partial charge is 0.466 e. The molecule has 1 fully saturated rings. The van der Waals surface area contributed by atoms with Crippen molar-refractivity contribution < 1.29 is 23.5 Å². The second-order valence-electron chi connectivity index (χ2n) is 9.37. The Kier molecular flexibility index (Phi) is 8.74. The quantitative estimate of drug-likeness (QED) is 0.503. The first-order valence-corrected chi connectivity index (χ1v) is 13.5. The molecule has 0 saturated carbocycles. The van der Waals surface area contributed by atoms with Crippen molar-refractivity contribution in [2.75, 3.05) is 39.3 Å². The van der Waals surface area contributed by atoms with Crippen LogP contribution in [0.15, 0.2) is 35.7 Å². The molecule has 1 aromatic heterocycles. The smallest absolute Gasteiger partial charge is 0.306 e. The van der Waals surface area contributed by atoms with Crippen molar-refractivity contribution in [3.63, 3.8) is 0 Å². The number of hydrogen-bond donors (Lipinski definition) is 0. The lowest BCUT2D eigenvalue weighted by Gasteiger charge is -2.41. The topological polar surface area (TPSA) is 70.2 Å². The number of carbonyl (C=O) groups is 3. The van der Waals surface area contributed by atoms with Gasteiger partial charge in [-0.15, -0.1) is 11.3 Å². The molecular weight excluding hydrogens is 481 g/mol. The zero-order valence-electron chi connectivity index (χ0n) is 21.0. The standard InChI is InChI=1S/C27H34FN3O4S/c1-3-35-26(34)8-7-25(33)31-15-14-30(18-19(31)2)24(32)10-13-29-12-9-23-22(11-16-36-23)27(29)20-5-4-6-21(28)17-20/h4-6,11,16-17,19,27H,3,7-10,12-15,18H2,1-2H3. The Bertz CT molecular complexity index is 1090. The molecule has 2 aliphatic heterocycles. The van der Waals surface area contributed by atoms with E-state index in [0.717, 1.165) is 18.5 Å². The van der Waals surface area contributed by atoms with Gasteiger partial charge in [0.2, 0.25) is 11.8 Å². The van der Waals surface area contributed by atoms with Crippen LogP contribution in [-0.2, 0) is 25.5 Å². The van der Waals surface area contributed by atoms with Crippen LogP contribution >= 0.6 is 11.3 Å². The van der Waals surface area contributed by atoms with E-state index >= 15 is 0 Å². The summed E-state index contributed by atoms with van der Waals surface area (Å²) in [7, 11) is 0. The molecule has 36 heavy (non-hydrogen) atoms. The second kappa shape index (κ2) is 12.0. The van der Waals surface area contributed by atoms with Crippen molar-refractivity contribution >= 4 is 29.1 Å². The lowest BCUT2D eigenvalue weighted by molar-refractivity contribution is -0.147. The van der Waals surface area contributed by atoms with Crippen LogP contribution < -0.4 is 0 Å². The van der Waals surface area contributed by atoms with Gasteiger partial charge in [-0.05, 0) is 55.0 Å². The van der Waals surface area contributed by atoms with Crippen LogP contribution in [0.3, 0.4) is 0 Å². The Morgan fingerprint density at radius 2 is 1.92 bits per heavy atom. The average molecular weight is 516 g/mol. The van der Waals surface area contributed by atoms with Gasteiger partial charge in [0.05, 0.1) is 19.1 Å². The molecular formula is C27H34FN3O4S. The molecule has 4 rings (SSSR count). The van der Waals surface area contributed by atoms with E-state index in [4.69, 9.17) is 4.74 Å². The number of esters is 1. The molecule has 0 N–H and O–H groups in total. The Balaban J connectivity index is 1.33. The molecule has 3 heterocycles. The SMILES string of the molecule is CCOC(=O)CCC(=O)N1CCN(C(=O)CCN2CCc3sccc3C2c2cccc(F)c2)CC1C. The summed E-state index contributed by atoms with van der Waals surface area (Å²) in [4.78, 5) is 44.5. The van der Waals surface area contributed by atoms with Crippen molar-refractivity contribution in [3.8, 4) is 0 Å². The maximum atomic E-state index is 14.0. The summed E-state index contributed by atoms with van der Waals surface area (Å²) in [5.41, 5.74) is 2.11. The number of fused-ring (bicyclic) bond motifs is 1. The van der Waals surface area contributed by atoms with Crippen LogP contribution in [0.5, 0.6) is 0 Å². The first kappa shape index (κ1) is 26.3. The number of thiophene rings is 1. The maximum Gasteiger partial charge on any atom is 0.306 e. The number of piperazine rings is 1. The Hall–Kier alpha value is -2.78. The monoisotopic (exact) mass is 515 g/mol. The zero-order chi connectivity index (χ0) is 25.7. The van der Waals surface area contributed by atoms with E-state index in [9.17, 15) is 18.8 Å². The Morgan fingerprint density at radius 3 is 2.67 bits per heavy atom. The highest BCUT2D eigenvalue weighted by molar-refractivity contribution is 7.10. The fourth-order valence-corrected chi connectivity index (χ4v) is 6.12. The summed E-state index contributed by atoms with van der Waals surface area (Å²) in [5, 5.41) is 2.08. The molecule has 2 aliphatic rings. The number of halogens is 1. The molecule has 2 atom stereocenters. The van der Waals surface area contributed by atoms with Crippen LogP contribution in [0.4, 0.5) is 4.39 Å². The Labute approximate surface area is 215 Å². The molecule has 0 spiro atoms. The predicted molar refractivity (Wildman–Crippen MR) is 136 cm³/mol. The van der Waals surface area contributed by atoms with Gasteiger partial charge in [0.25, 0.3) is 0 Å². The lowest BCUT2D eigenvalue weighted by atomic mass is 9.93. The zero-order valence-corrected chi connectivity index (χ0v) is 21.8. The fourth-order valence-electron chi connectivity index (χ4n) is 5.21. The molecule has 9 heteroatoms. The van der Waals surface area contributed by atoms with Crippen molar-refractivity contribution in [1.29, 1.82) is 0 Å². The molecule has 7 nitrogen and oxygen atoms in total. The minimum absolute atomic E-state index is 0.0590. The molecule has 1 saturated heterocycles. The van der Waals surface area contributed by atoms with E-state index in [2.05, 4.69) is 16.3 Å². The number of ether oxygens (including phenoxy) is 1. The second-order valence-corrected chi connectivity index (χ2v) is 10.4. The summed E-state index contributed by atoms with van der Waals surface area (Å²) in [6.45, 7) is 6.81. The van der Waals surface area contributed by atoms with Crippen molar-refractivity contribution in [1.82, 2.24) is 14.7 Å². The Morgan fingerprint density at radius 1 is 1.08 bits per heavy atom. The number of amides is 2. The third-order valence-electron chi connectivity index (χ3n) is 6.99. The first-order valence-electron chi connectivity index (χ1n) is 12.7. The van der Waals surface area contributed by atoms with Gasteiger partial charge in [-0.2, -0.15) is 0 Å². The summed E-state index contributed by atoms with van der Waals surface area (Å²) in [6.07, 6.45) is 1.50. The molecule has 2 aromatic rings. The van der Waals surface area contributed by atoms with Crippen molar-refractivity contribution in [3.05, 3.63) is 57.5 Å². The van der Waals surface area contributed by atoms with Crippen LogP contribution in [0.1, 0.15) is 55.2 Å². The normalized spacial score (nSPS) is 20.2. The predicted octanol–water partition coefficient (Wildman–Crippen LogP) is 3.63. The number of hydrogen-bond acceptors (Lipinski definition) is 6. The summed E-state index contributed by atoms with van der Waals surface area (Å²) < 4.78 is 18.9. The van der Waals surface area contributed by atoms with Crippen molar-refractivity contribution in [2.45, 2.75) is 51.6 Å². The fraction of sp³-hybridized carbons (Fsp3) is 0.519. The molecule has 0 bridgehead atoms. The molecule has 0 radical (unpaired) electrons. The molecule has 2 amide bonds. The number of rotatable bonds is 8. The summed E-state index contributed by atoms with van der Waals surface area (Å²) >= 11 is 1.73. The third-order valence-corrected chi connectivity index (χ3v) is 7.99. The van der Waals surface area contributed by atoms with Gasteiger partial charge in [0.15, 0.2) is 0 Å². The van der Waals surface area contributed by atoms with Crippen LogP contribution in [0, 0.1) is 5.82 Å². The van der Waals surface area contributed by atoms with Gasteiger partial charge >= 0.3 is 5.97 Å². The highest BCUT2D eigenvalue weighted by atomic mass is 32.1. The van der Waals surface area contributed by atoms with E-state index in [-0.39, 0.29) is 48.5 Å². The van der Waals surface area contributed by atoms with Gasteiger partial charge in [0.1, 0.15) is 5.82 Å². The van der Waals surface area contributed by atoms with E-state index in [1.54, 1.807) is 35.3 Å². The summed E-state index contributed by atoms with van der Waals surface area (Å²) in [5.74, 6) is -0.638. The minimum Gasteiger partial charge on any atom is -0.466 e. The van der Waals surface area contributed by atoms with Crippen LogP contribution in [-0.4, -0.2) is 77.9 Å². The van der Waals surface area contributed by atoms with E-state index in [1.807, 2.05) is 17.9 Å². The van der Waals surface area contributed by atoms with E-state index in [1.165, 1.54) is 16.5 Å². The van der Waals surface area contributed by atoms with E-state index < -0.39 is 0 Å². The molecule has 194 valence electrons. The summed E-state index contributed by atoms with van der Waals surface area (Å²) in [6, 6.07) is 8.68. The molecule has 0 aliphatic carbocycles. The van der Waals surface area contributed by atoms with Gasteiger partial charge in [-0.3, -0.25) is 19.3 Å². The highest BCUT2D eigenvalue weighted by Gasteiger charge is 2.32. The number of carbonyl (C=O) groups excluding carboxylic acids is 3. The highest BCUT2D eigenvalue weighted by Crippen LogP contribution is 2.38. The molecule has 1 aromatic carbocycles. The lowest BCUT2D eigenvalue weighted by Crippen LogP contribution is -2.55. The minimum atomic E-state index is -0.365. The van der Waals surface area contributed by atoms with Gasteiger partial charge in [-0.25, -0.2) is 4.39 Å². The van der Waals surface area contributed by atoms with E-state index in [0.29, 0.717) is 39.2 Å². The first-order chi connectivity index (χ1) is 17.4. The van der Waals surface area contributed by atoms with Crippen LogP contribution in [0.25, 0.3) is 0 Å². The molecule has 2 unspecified atom stereocenters. The maximum absolute atomic E-state index is 14.0. The third kappa shape index (κ3) is 6.13. The van der Waals surface area contributed by atoms with Crippen LogP contribution in [0.2, 0.25) is 0 Å². The number of benzene rings is 1. The average Bonchev–Trinajstić information content (AvgIpc) is 3.34. The van der Waals surface area contributed by atoms with Gasteiger partial charge in [0, 0.05) is 56.5 Å².